The minimum atomic E-state index is -0.267. The second-order valence-electron chi connectivity index (χ2n) is 5.31. The molecule has 1 atom stereocenters. The third-order valence-corrected chi connectivity index (χ3v) is 3.98. The molecule has 1 aliphatic carbocycles. The lowest BCUT2D eigenvalue weighted by Crippen LogP contribution is -2.14. The summed E-state index contributed by atoms with van der Waals surface area (Å²) in [7, 11) is 0. The maximum Gasteiger partial charge on any atom is 0.203 e. The van der Waals surface area contributed by atoms with Crippen LogP contribution in [0.5, 0.6) is 0 Å². The minimum absolute atomic E-state index is 0.111. The molecule has 108 valence electrons. The van der Waals surface area contributed by atoms with Gasteiger partial charge in [-0.15, -0.1) is 0 Å². The van der Waals surface area contributed by atoms with Crippen LogP contribution in [-0.2, 0) is 4.74 Å². The van der Waals surface area contributed by atoms with Gasteiger partial charge < -0.3 is 10.1 Å². The van der Waals surface area contributed by atoms with Gasteiger partial charge in [-0.05, 0) is 5.56 Å². The lowest BCUT2D eigenvalue weighted by molar-refractivity contribution is 0.0965. The van der Waals surface area contributed by atoms with Crippen LogP contribution >= 0.6 is 0 Å². The SMILES string of the molecule is O=C1C(=C2NC[C@@H](c3ccccc3)O2)C(=O)c2ccccc21. The van der Waals surface area contributed by atoms with Gasteiger partial charge in [0.2, 0.25) is 17.4 Å². The number of fused-ring (bicyclic) bond motifs is 1. The Morgan fingerprint density at radius 1 is 0.864 bits per heavy atom. The highest BCUT2D eigenvalue weighted by atomic mass is 16.5. The van der Waals surface area contributed by atoms with E-state index < -0.39 is 0 Å². The zero-order valence-electron chi connectivity index (χ0n) is 11.7. The predicted octanol–water partition coefficient (Wildman–Crippen LogP) is 2.64. The Hall–Kier alpha value is -2.88. The normalized spacial score (nSPS) is 19.9. The summed E-state index contributed by atoms with van der Waals surface area (Å²) in [5, 5.41) is 3.06. The molecule has 2 aliphatic rings. The van der Waals surface area contributed by atoms with E-state index in [2.05, 4.69) is 5.32 Å². The van der Waals surface area contributed by atoms with Gasteiger partial charge in [-0.25, -0.2) is 0 Å². The number of benzene rings is 2. The summed E-state index contributed by atoms with van der Waals surface area (Å²) in [5.74, 6) is -0.242. The van der Waals surface area contributed by atoms with Gasteiger partial charge >= 0.3 is 0 Å². The van der Waals surface area contributed by atoms with Crippen LogP contribution in [0.1, 0.15) is 32.4 Å². The Labute approximate surface area is 127 Å². The number of nitrogens with one attached hydrogen (secondary N) is 1. The van der Waals surface area contributed by atoms with Gasteiger partial charge in [-0.2, -0.15) is 0 Å². The number of carbonyl (C=O) groups excluding carboxylic acids is 2. The zero-order chi connectivity index (χ0) is 15.1. The van der Waals surface area contributed by atoms with Crippen molar-refractivity contribution in [2.45, 2.75) is 6.10 Å². The Morgan fingerprint density at radius 2 is 1.45 bits per heavy atom. The number of ether oxygens (including phenoxy) is 1. The molecule has 0 unspecified atom stereocenters. The van der Waals surface area contributed by atoms with Crippen molar-refractivity contribution in [2.75, 3.05) is 6.54 Å². The van der Waals surface area contributed by atoms with Crippen LogP contribution in [0.15, 0.2) is 66.1 Å². The molecule has 1 aliphatic heterocycles. The first-order chi connectivity index (χ1) is 10.8. The second kappa shape index (κ2) is 4.84. The maximum absolute atomic E-state index is 12.4. The highest BCUT2D eigenvalue weighted by molar-refractivity contribution is 6.39. The van der Waals surface area contributed by atoms with Crippen LogP contribution in [0.2, 0.25) is 0 Å². The molecule has 0 spiro atoms. The molecule has 0 aromatic heterocycles. The monoisotopic (exact) mass is 291 g/mol. The molecule has 22 heavy (non-hydrogen) atoms. The van der Waals surface area contributed by atoms with E-state index in [1.807, 2.05) is 30.3 Å². The molecule has 1 heterocycles. The number of carbonyl (C=O) groups is 2. The Bertz CT molecular complexity index is 771. The molecule has 4 heteroatoms. The zero-order valence-corrected chi connectivity index (χ0v) is 11.7. The van der Waals surface area contributed by atoms with E-state index in [4.69, 9.17) is 4.74 Å². The molecule has 0 bridgehead atoms. The topological polar surface area (TPSA) is 55.4 Å². The molecule has 4 rings (SSSR count). The molecule has 2 aromatic carbocycles. The molecule has 2 aromatic rings. The molecule has 1 N–H and O–H groups in total. The first-order valence-electron chi connectivity index (χ1n) is 7.14. The number of ketones is 2. The maximum atomic E-state index is 12.4. The fourth-order valence-corrected chi connectivity index (χ4v) is 2.87. The smallest absolute Gasteiger partial charge is 0.203 e. The van der Waals surface area contributed by atoms with Crippen LogP contribution in [0, 0.1) is 0 Å². The van der Waals surface area contributed by atoms with Gasteiger partial charge in [0.15, 0.2) is 0 Å². The van der Waals surface area contributed by atoms with Gasteiger partial charge in [0.05, 0.1) is 6.54 Å². The van der Waals surface area contributed by atoms with Crippen LogP contribution < -0.4 is 5.32 Å². The minimum Gasteiger partial charge on any atom is -0.468 e. The third-order valence-electron chi connectivity index (χ3n) is 3.98. The molecular formula is C18H13NO3. The van der Waals surface area contributed by atoms with Crippen LogP contribution in [-0.4, -0.2) is 18.1 Å². The standard InChI is InChI=1S/C18H13NO3/c20-16-12-8-4-5-9-13(12)17(21)15(16)18-19-10-14(22-18)11-6-2-1-3-7-11/h1-9,14,19H,10H2/t14-/m0/s1. The summed E-state index contributed by atoms with van der Waals surface area (Å²) in [6.07, 6.45) is -0.187. The number of allylic oxidation sites excluding steroid dienone is 1. The van der Waals surface area contributed by atoms with Crippen LogP contribution in [0.25, 0.3) is 0 Å². The van der Waals surface area contributed by atoms with Crippen molar-refractivity contribution in [3.63, 3.8) is 0 Å². The summed E-state index contributed by atoms with van der Waals surface area (Å²) in [4.78, 5) is 24.9. The Balaban J connectivity index is 1.70. The van der Waals surface area contributed by atoms with Crippen molar-refractivity contribution in [1.29, 1.82) is 0 Å². The van der Waals surface area contributed by atoms with E-state index in [1.54, 1.807) is 24.3 Å². The number of hydrogen-bond donors (Lipinski definition) is 1. The van der Waals surface area contributed by atoms with Crippen molar-refractivity contribution >= 4 is 11.6 Å². The molecular weight excluding hydrogens is 278 g/mol. The summed E-state index contributed by atoms with van der Waals surface area (Å²) in [6, 6.07) is 16.6. The summed E-state index contributed by atoms with van der Waals surface area (Å²) >= 11 is 0. The van der Waals surface area contributed by atoms with Gasteiger partial charge in [0, 0.05) is 11.1 Å². The highest BCUT2D eigenvalue weighted by Gasteiger charge is 2.38. The van der Waals surface area contributed by atoms with E-state index >= 15 is 0 Å². The summed E-state index contributed by atoms with van der Waals surface area (Å²) in [5.41, 5.74) is 2.02. The van der Waals surface area contributed by atoms with Crippen molar-refractivity contribution in [2.24, 2.45) is 0 Å². The van der Waals surface area contributed by atoms with Gasteiger partial charge in [0.1, 0.15) is 11.7 Å². The van der Waals surface area contributed by atoms with E-state index in [0.717, 1.165) is 5.56 Å². The average Bonchev–Trinajstić information content (AvgIpc) is 3.13. The van der Waals surface area contributed by atoms with E-state index in [-0.39, 0.29) is 23.2 Å². The molecule has 0 amide bonds. The summed E-state index contributed by atoms with van der Waals surface area (Å²) < 4.78 is 5.83. The number of rotatable bonds is 1. The number of hydrogen-bond acceptors (Lipinski definition) is 4. The molecule has 0 radical (unpaired) electrons. The largest absolute Gasteiger partial charge is 0.468 e. The molecule has 1 saturated heterocycles. The fraction of sp³-hybridized carbons (Fsp3) is 0.111. The van der Waals surface area contributed by atoms with Gasteiger partial charge in [-0.1, -0.05) is 54.6 Å². The predicted molar refractivity (Wildman–Crippen MR) is 80.4 cm³/mol. The van der Waals surface area contributed by atoms with E-state index in [1.165, 1.54) is 0 Å². The van der Waals surface area contributed by atoms with Crippen molar-refractivity contribution in [3.05, 3.63) is 82.7 Å². The number of Topliss-reactive ketones (excluding diaryl/α,β-unsaturated/α-hetero) is 2. The van der Waals surface area contributed by atoms with Crippen molar-refractivity contribution in [3.8, 4) is 0 Å². The fourth-order valence-electron chi connectivity index (χ4n) is 2.87. The highest BCUT2D eigenvalue weighted by Crippen LogP contribution is 2.32. The first-order valence-corrected chi connectivity index (χ1v) is 7.14. The van der Waals surface area contributed by atoms with E-state index in [0.29, 0.717) is 23.6 Å². The summed E-state index contributed by atoms with van der Waals surface area (Å²) in [6.45, 7) is 0.541. The molecule has 4 nitrogen and oxygen atoms in total. The quantitative estimate of drug-likeness (QED) is 0.648. The second-order valence-corrected chi connectivity index (χ2v) is 5.31. The Morgan fingerprint density at radius 3 is 2.09 bits per heavy atom. The lowest BCUT2D eigenvalue weighted by atomic mass is 10.1. The van der Waals surface area contributed by atoms with Gasteiger partial charge in [-0.3, -0.25) is 9.59 Å². The average molecular weight is 291 g/mol. The third kappa shape index (κ3) is 1.84. The van der Waals surface area contributed by atoms with Crippen LogP contribution in [0.4, 0.5) is 0 Å². The van der Waals surface area contributed by atoms with Gasteiger partial charge in [0.25, 0.3) is 0 Å². The van der Waals surface area contributed by atoms with Crippen molar-refractivity contribution in [1.82, 2.24) is 5.32 Å². The molecule has 0 saturated carbocycles. The Kier molecular flexibility index (Phi) is 2.82. The van der Waals surface area contributed by atoms with E-state index in [9.17, 15) is 9.59 Å². The lowest BCUT2D eigenvalue weighted by Gasteiger charge is -2.09. The van der Waals surface area contributed by atoms with Crippen LogP contribution in [0.3, 0.4) is 0 Å². The first kappa shape index (κ1) is 12.8. The van der Waals surface area contributed by atoms with Crippen molar-refractivity contribution < 1.29 is 14.3 Å². The molecule has 1 fully saturated rings.